The van der Waals surface area contributed by atoms with Gasteiger partial charge in [0.25, 0.3) is 0 Å². The van der Waals surface area contributed by atoms with Crippen molar-refractivity contribution in [3.8, 4) is 0 Å². The summed E-state index contributed by atoms with van der Waals surface area (Å²) in [4.78, 5) is 12.7. The van der Waals surface area contributed by atoms with E-state index in [1.807, 2.05) is 12.3 Å². The lowest BCUT2D eigenvalue weighted by Gasteiger charge is -2.06. The summed E-state index contributed by atoms with van der Waals surface area (Å²) in [6.45, 7) is 2.93. The highest BCUT2D eigenvalue weighted by atomic mass is 35.5. The predicted octanol–water partition coefficient (Wildman–Crippen LogP) is 2.65. The van der Waals surface area contributed by atoms with Gasteiger partial charge in [-0.25, -0.2) is 15.0 Å². The Morgan fingerprint density at radius 1 is 1.39 bits per heavy atom. The zero-order chi connectivity index (χ0) is 13.0. The van der Waals surface area contributed by atoms with Gasteiger partial charge in [0.2, 0.25) is 0 Å². The fraction of sp³-hybridized carbons (Fsp3) is 0.364. The van der Waals surface area contributed by atoms with Crippen LogP contribution in [0.2, 0.25) is 5.15 Å². The minimum atomic E-state index is 0.339. The minimum absolute atomic E-state index is 0.339. The number of thiazole rings is 1. The topological polar surface area (TPSA) is 59.9 Å². The second kappa shape index (κ2) is 6.08. The highest BCUT2D eigenvalue weighted by Crippen LogP contribution is 2.14. The van der Waals surface area contributed by atoms with Gasteiger partial charge in [0.1, 0.15) is 22.6 Å². The molecular formula is C11H13ClN4OS. The van der Waals surface area contributed by atoms with Crippen LogP contribution >= 0.6 is 22.9 Å². The van der Waals surface area contributed by atoms with E-state index in [-0.39, 0.29) is 0 Å². The number of ether oxygens (including phenoxy) is 1. The van der Waals surface area contributed by atoms with E-state index in [1.54, 1.807) is 24.5 Å². The molecule has 0 atom stereocenters. The molecule has 2 heterocycles. The number of halogens is 1. The van der Waals surface area contributed by atoms with Gasteiger partial charge in [-0.15, -0.1) is 11.3 Å². The van der Waals surface area contributed by atoms with Gasteiger partial charge < -0.3 is 10.1 Å². The molecule has 2 aromatic rings. The smallest absolute Gasteiger partial charge is 0.158 e. The van der Waals surface area contributed by atoms with Crippen LogP contribution in [0.25, 0.3) is 0 Å². The Morgan fingerprint density at radius 2 is 2.22 bits per heavy atom. The lowest BCUT2D eigenvalue weighted by molar-refractivity contribution is 0.178. The first-order valence-corrected chi connectivity index (χ1v) is 6.60. The largest absolute Gasteiger partial charge is 0.377 e. The van der Waals surface area contributed by atoms with Crippen molar-refractivity contribution >= 4 is 28.8 Å². The first-order valence-electron chi connectivity index (χ1n) is 5.34. The van der Waals surface area contributed by atoms with Crippen molar-refractivity contribution in [2.45, 2.75) is 20.1 Å². The number of aryl methyl sites for hydroxylation is 1. The maximum Gasteiger partial charge on any atom is 0.158 e. The molecule has 0 unspecified atom stereocenters. The number of hydrogen-bond acceptors (Lipinski definition) is 6. The van der Waals surface area contributed by atoms with E-state index < -0.39 is 0 Å². The van der Waals surface area contributed by atoms with Crippen LogP contribution in [0.4, 0.5) is 5.82 Å². The molecule has 18 heavy (non-hydrogen) atoms. The second-order valence-electron chi connectivity index (χ2n) is 3.66. The van der Waals surface area contributed by atoms with Crippen molar-refractivity contribution in [1.82, 2.24) is 15.0 Å². The van der Waals surface area contributed by atoms with Gasteiger partial charge in [-0.2, -0.15) is 0 Å². The number of anilines is 1. The van der Waals surface area contributed by atoms with Crippen LogP contribution in [-0.4, -0.2) is 22.1 Å². The van der Waals surface area contributed by atoms with Crippen molar-refractivity contribution < 1.29 is 4.74 Å². The molecular weight excluding hydrogens is 272 g/mol. The fourth-order valence-corrected chi connectivity index (χ4v) is 2.31. The molecule has 0 aliphatic rings. The molecule has 1 N–H and O–H groups in total. The van der Waals surface area contributed by atoms with Crippen LogP contribution in [-0.2, 0) is 17.9 Å². The van der Waals surface area contributed by atoms with Crippen LogP contribution in [0.5, 0.6) is 0 Å². The van der Waals surface area contributed by atoms with E-state index in [9.17, 15) is 0 Å². The van der Waals surface area contributed by atoms with Crippen molar-refractivity contribution in [1.29, 1.82) is 0 Å². The number of nitrogens with one attached hydrogen (secondary N) is 1. The Balaban J connectivity index is 2.04. The standard InChI is InChI=1S/C11H13ClN4OS/c1-7-6-18-11(14-7)4-13-9-3-8(12)15-10(16-9)5-17-2/h3,6H,4-5H2,1-2H3,(H,13,15,16). The summed E-state index contributed by atoms with van der Waals surface area (Å²) >= 11 is 7.52. The number of aromatic nitrogens is 3. The number of rotatable bonds is 5. The highest BCUT2D eigenvalue weighted by molar-refractivity contribution is 7.09. The molecule has 0 saturated heterocycles. The molecule has 0 aromatic carbocycles. The Labute approximate surface area is 114 Å². The van der Waals surface area contributed by atoms with Crippen molar-refractivity contribution in [2.24, 2.45) is 0 Å². The molecule has 0 aliphatic heterocycles. The monoisotopic (exact) mass is 284 g/mol. The van der Waals surface area contributed by atoms with E-state index >= 15 is 0 Å². The van der Waals surface area contributed by atoms with E-state index in [0.717, 1.165) is 10.7 Å². The molecule has 2 rings (SSSR count). The molecule has 0 fully saturated rings. The molecule has 0 bridgehead atoms. The zero-order valence-corrected chi connectivity index (χ0v) is 11.7. The van der Waals surface area contributed by atoms with Gasteiger partial charge >= 0.3 is 0 Å². The molecule has 2 aromatic heterocycles. The second-order valence-corrected chi connectivity index (χ2v) is 4.99. The lowest BCUT2D eigenvalue weighted by atomic mass is 10.5. The average molecular weight is 285 g/mol. The maximum atomic E-state index is 5.91. The van der Waals surface area contributed by atoms with Crippen molar-refractivity contribution in [3.63, 3.8) is 0 Å². The molecule has 5 nitrogen and oxygen atoms in total. The van der Waals surface area contributed by atoms with Crippen LogP contribution in [0.1, 0.15) is 16.5 Å². The molecule has 0 spiro atoms. The Bertz CT molecular complexity index is 532. The summed E-state index contributed by atoms with van der Waals surface area (Å²) in [5.41, 5.74) is 1.03. The van der Waals surface area contributed by atoms with E-state index in [4.69, 9.17) is 16.3 Å². The quantitative estimate of drug-likeness (QED) is 0.856. The van der Waals surface area contributed by atoms with Crippen LogP contribution in [0.15, 0.2) is 11.4 Å². The molecule has 0 aliphatic carbocycles. The molecule has 0 amide bonds. The van der Waals surface area contributed by atoms with E-state index in [1.165, 1.54) is 0 Å². The zero-order valence-electron chi connectivity index (χ0n) is 10.1. The maximum absolute atomic E-state index is 5.91. The number of methoxy groups -OCH3 is 1. The van der Waals surface area contributed by atoms with Gasteiger partial charge in [0.15, 0.2) is 5.82 Å². The fourth-order valence-electron chi connectivity index (χ4n) is 1.40. The summed E-state index contributed by atoms with van der Waals surface area (Å²) in [5, 5.41) is 6.59. The summed E-state index contributed by atoms with van der Waals surface area (Å²) in [5.74, 6) is 1.23. The van der Waals surface area contributed by atoms with Gasteiger partial charge in [0, 0.05) is 24.3 Å². The average Bonchev–Trinajstić information content (AvgIpc) is 2.72. The van der Waals surface area contributed by atoms with Gasteiger partial charge in [-0.1, -0.05) is 11.6 Å². The number of hydrogen-bond donors (Lipinski definition) is 1. The normalized spacial score (nSPS) is 10.6. The SMILES string of the molecule is COCc1nc(Cl)cc(NCc2nc(C)cs2)n1. The van der Waals surface area contributed by atoms with Gasteiger partial charge in [-0.3, -0.25) is 0 Å². The summed E-state index contributed by atoms with van der Waals surface area (Å²) < 4.78 is 4.98. The third-order valence-electron chi connectivity index (χ3n) is 2.10. The Morgan fingerprint density at radius 3 is 2.89 bits per heavy atom. The molecule has 0 saturated carbocycles. The lowest BCUT2D eigenvalue weighted by Crippen LogP contribution is -2.05. The Kier molecular flexibility index (Phi) is 4.46. The number of nitrogens with zero attached hydrogens (tertiary/aromatic N) is 3. The van der Waals surface area contributed by atoms with E-state index in [2.05, 4.69) is 20.3 Å². The highest BCUT2D eigenvalue weighted by Gasteiger charge is 2.04. The third-order valence-corrected chi connectivity index (χ3v) is 3.26. The van der Waals surface area contributed by atoms with Crippen LogP contribution in [0, 0.1) is 6.92 Å². The van der Waals surface area contributed by atoms with Crippen LogP contribution in [0.3, 0.4) is 0 Å². The van der Waals surface area contributed by atoms with Gasteiger partial charge in [0.05, 0.1) is 6.54 Å². The molecule has 7 heteroatoms. The summed E-state index contributed by atoms with van der Waals surface area (Å²) in [6, 6.07) is 1.68. The van der Waals surface area contributed by atoms with Crippen LogP contribution < -0.4 is 5.32 Å². The van der Waals surface area contributed by atoms with E-state index in [0.29, 0.717) is 29.9 Å². The van der Waals surface area contributed by atoms with Crippen molar-refractivity contribution in [3.05, 3.63) is 33.1 Å². The summed E-state index contributed by atoms with van der Waals surface area (Å²) in [6.07, 6.45) is 0. The molecule has 96 valence electrons. The third kappa shape index (κ3) is 3.63. The van der Waals surface area contributed by atoms with Crippen molar-refractivity contribution in [2.75, 3.05) is 12.4 Å². The predicted molar refractivity (Wildman–Crippen MR) is 71.9 cm³/mol. The minimum Gasteiger partial charge on any atom is -0.377 e. The summed E-state index contributed by atoms with van der Waals surface area (Å²) in [7, 11) is 1.59. The van der Waals surface area contributed by atoms with Gasteiger partial charge in [-0.05, 0) is 6.92 Å². The first kappa shape index (κ1) is 13.2. The molecule has 0 radical (unpaired) electrons. The first-order chi connectivity index (χ1) is 8.67. The Hall–Kier alpha value is -1.24.